The molecule has 0 aromatic heterocycles. The Balaban J connectivity index is 2.27. The fourth-order valence-corrected chi connectivity index (χ4v) is 2.39. The Morgan fingerprint density at radius 3 is 2.50 bits per heavy atom. The van der Waals surface area contributed by atoms with Crippen molar-refractivity contribution >= 4 is 5.97 Å². The number of piperidine rings is 1. The largest absolute Gasteiger partial charge is 0.481 e. The lowest BCUT2D eigenvalue weighted by Gasteiger charge is -2.30. The summed E-state index contributed by atoms with van der Waals surface area (Å²) in [7, 11) is 0. The molecular weight excluding hydrogens is 232 g/mol. The first-order valence-electron chi connectivity index (χ1n) is 6.92. The van der Waals surface area contributed by atoms with Gasteiger partial charge in [-0.2, -0.15) is 0 Å². The van der Waals surface area contributed by atoms with Crippen molar-refractivity contribution in [2.75, 3.05) is 39.3 Å². The standard InChI is InChI=1S/C13H26N2O3/c1-12(16)11-15(8-5-13(17)18)10-9-14-6-3-2-4-7-14/h12,16H,2-11H2,1H3,(H,17,18). The van der Waals surface area contributed by atoms with E-state index in [9.17, 15) is 9.90 Å². The monoisotopic (exact) mass is 258 g/mol. The lowest BCUT2D eigenvalue weighted by molar-refractivity contribution is -0.137. The Hall–Kier alpha value is -0.650. The lowest BCUT2D eigenvalue weighted by atomic mass is 10.1. The molecule has 0 amide bonds. The number of rotatable bonds is 8. The number of carbonyl (C=O) groups is 1. The van der Waals surface area contributed by atoms with Gasteiger partial charge in [-0.15, -0.1) is 0 Å². The molecule has 0 bridgehead atoms. The van der Waals surface area contributed by atoms with Crippen LogP contribution in [0.1, 0.15) is 32.6 Å². The third kappa shape index (κ3) is 6.93. The molecule has 1 aliphatic heterocycles. The van der Waals surface area contributed by atoms with Gasteiger partial charge in [-0.05, 0) is 32.9 Å². The van der Waals surface area contributed by atoms with Gasteiger partial charge < -0.3 is 15.1 Å². The van der Waals surface area contributed by atoms with Crippen LogP contribution in [-0.4, -0.2) is 71.4 Å². The van der Waals surface area contributed by atoms with Crippen LogP contribution in [0.3, 0.4) is 0 Å². The van der Waals surface area contributed by atoms with Crippen LogP contribution in [0.15, 0.2) is 0 Å². The second kappa shape index (κ2) is 8.45. The molecule has 5 nitrogen and oxygen atoms in total. The highest BCUT2D eigenvalue weighted by molar-refractivity contribution is 5.66. The van der Waals surface area contributed by atoms with Crippen molar-refractivity contribution in [2.24, 2.45) is 0 Å². The quantitative estimate of drug-likeness (QED) is 0.668. The van der Waals surface area contributed by atoms with E-state index in [0.717, 1.165) is 26.2 Å². The highest BCUT2D eigenvalue weighted by Crippen LogP contribution is 2.08. The van der Waals surface area contributed by atoms with Gasteiger partial charge >= 0.3 is 5.97 Å². The zero-order valence-electron chi connectivity index (χ0n) is 11.3. The summed E-state index contributed by atoms with van der Waals surface area (Å²) >= 11 is 0. The van der Waals surface area contributed by atoms with Gasteiger partial charge in [0.05, 0.1) is 12.5 Å². The smallest absolute Gasteiger partial charge is 0.304 e. The Kier molecular flexibility index (Phi) is 7.23. The number of carboxylic acid groups (broad SMARTS) is 1. The zero-order valence-corrected chi connectivity index (χ0v) is 11.3. The number of hydrogen-bond donors (Lipinski definition) is 2. The first-order chi connectivity index (χ1) is 8.58. The minimum absolute atomic E-state index is 0.146. The summed E-state index contributed by atoms with van der Waals surface area (Å²) in [6.07, 6.45) is 3.61. The average molecular weight is 258 g/mol. The molecule has 1 fully saturated rings. The maximum Gasteiger partial charge on any atom is 0.304 e. The SMILES string of the molecule is CC(O)CN(CCC(=O)O)CCN1CCCCC1. The molecule has 0 radical (unpaired) electrons. The van der Waals surface area contributed by atoms with Crippen LogP contribution in [0.25, 0.3) is 0 Å². The van der Waals surface area contributed by atoms with E-state index in [1.165, 1.54) is 19.3 Å². The predicted molar refractivity (Wildman–Crippen MR) is 70.7 cm³/mol. The number of aliphatic hydroxyl groups is 1. The van der Waals surface area contributed by atoms with E-state index in [1.54, 1.807) is 6.92 Å². The Morgan fingerprint density at radius 2 is 1.94 bits per heavy atom. The van der Waals surface area contributed by atoms with Gasteiger partial charge in [-0.3, -0.25) is 9.69 Å². The van der Waals surface area contributed by atoms with Crippen molar-refractivity contribution in [2.45, 2.75) is 38.7 Å². The maximum atomic E-state index is 10.6. The van der Waals surface area contributed by atoms with E-state index in [2.05, 4.69) is 4.90 Å². The number of nitrogens with zero attached hydrogens (tertiary/aromatic N) is 2. The fraction of sp³-hybridized carbons (Fsp3) is 0.923. The summed E-state index contributed by atoms with van der Waals surface area (Å²) in [5, 5.41) is 18.1. The summed E-state index contributed by atoms with van der Waals surface area (Å²) in [6.45, 7) is 6.96. The topological polar surface area (TPSA) is 64.0 Å². The summed E-state index contributed by atoms with van der Waals surface area (Å²) in [5.74, 6) is -0.774. The van der Waals surface area contributed by atoms with Gasteiger partial charge in [-0.25, -0.2) is 0 Å². The van der Waals surface area contributed by atoms with E-state index >= 15 is 0 Å². The van der Waals surface area contributed by atoms with Crippen molar-refractivity contribution in [3.05, 3.63) is 0 Å². The molecule has 1 heterocycles. The third-order valence-electron chi connectivity index (χ3n) is 3.35. The molecule has 0 saturated carbocycles. The molecule has 0 aromatic carbocycles. The van der Waals surface area contributed by atoms with E-state index in [-0.39, 0.29) is 6.42 Å². The van der Waals surface area contributed by atoms with Gasteiger partial charge in [0.2, 0.25) is 0 Å². The number of carboxylic acids is 1. The Labute approximate surface area is 109 Å². The third-order valence-corrected chi connectivity index (χ3v) is 3.35. The number of aliphatic hydroxyl groups excluding tert-OH is 1. The molecule has 1 atom stereocenters. The average Bonchev–Trinajstić information content (AvgIpc) is 2.33. The molecule has 2 N–H and O–H groups in total. The molecule has 18 heavy (non-hydrogen) atoms. The van der Waals surface area contributed by atoms with Gasteiger partial charge in [0.15, 0.2) is 0 Å². The highest BCUT2D eigenvalue weighted by atomic mass is 16.4. The Bertz CT molecular complexity index is 240. The first-order valence-corrected chi connectivity index (χ1v) is 6.92. The minimum Gasteiger partial charge on any atom is -0.481 e. The number of hydrogen-bond acceptors (Lipinski definition) is 4. The molecule has 0 spiro atoms. The van der Waals surface area contributed by atoms with Gasteiger partial charge in [-0.1, -0.05) is 6.42 Å². The van der Waals surface area contributed by atoms with Crippen molar-refractivity contribution in [3.63, 3.8) is 0 Å². The highest BCUT2D eigenvalue weighted by Gasteiger charge is 2.14. The number of aliphatic carboxylic acids is 1. The van der Waals surface area contributed by atoms with E-state index in [0.29, 0.717) is 13.1 Å². The molecule has 1 aliphatic rings. The van der Waals surface area contributed by atoms with Crippen LogP contribution >= 0.6 is 0 Å². The van der Waals surface area contributed by atoms with Gasteiger partial charge in [0, 0.05) is 26.2 Å². The molecule has 1 rings (SSSR count). The van der Waals surface area contributed by atoms with E-state index in [4.69, 9.17) is 5.11 Å². The second-order valence-electron chi connectivity index (χ2n) is 5.20. The fourth-order valence-electron chi connectivity index (χ4n) is 2.39. The lowest BCUT2D eigenvalue weighted by Crippen LogP contribution is -2.41. The zero-order chi connectivity index (χ0) is 13.4. The van der Waals surface area contributed by atoms with Crippen LogP contribution in [0.5, 0.6) is 0 Å². The summed E-state index contributed by atoms with van der Waals surface area (Å²) < 4.78 is 0. The summed E-state index contributed by atoms with van der Waals surface area (Å²) in [6, 6.07) is 0. The van der Waals surface area contributed by atoms with Gasteiger partial charge in [0.25, 0.3) is 0 Å². The van der Waals surface area contributed by atoms with Crippen molar-refractivity contribution in [1.82, 2.24) is 9.80 Å². The molecule has 5 heteroatoms. The number of likely N-dealkylation sites (tertiary alicyclic amines) is 1. The minimum atomic E-state index is -0.774. The maximum absolute atomic E-state index is 10.6. The van der Waals surface area contributed by atoms with Crippen LogP contribution < -0.4 is 0 Å². The van der Waals surface area contributed by atoms with Gasteiger partial charge in [0.1, 0.15) is 0 Å². The summed E-state index contributed by atoms with van der Waals surface area (Å²) in [4.78, 5) is 15.1. The summed E-state index contributed by atoms with van der Waals surface area (Å²) in [5.41, 5.74) is 0. The molecule has 1 unspecified atom stereocenters. The van der Waals surface area contributed by atoms with E-state index < -0.39 is 12.1 Å². The van der Waals surface area contributed by atoms with Crippen LogP contribution in [0.4, 0.5) is 0 Å². The molecular formula is C13H26N2O3. The molecule has 106 valence electrons. The molecule has 0 aliphatic carbocycles. The predicted octanol–water partition coefficient (Wildman–Crippen LogP) is 0.630. The molecule has 0 aromatic rings. The molecule has 1 saturated heterocycles. The van der Waals surface area contributed by atoms with Crippen LogP contribution in [0, 0.1) is 0 Å². The second-order valence-corrected chi connectivity index (χ2v) is 5.20. The van der Waals surface area contributed by atoms with Crippen LogP contribution in [0.2, 0.25) is 0 Å². The van der Waals surface area contributed by atoms with Crippen molar-refractivity contribution in [3.8, 4) is 0 Å². The Morgan fingerprint density at radius 1 is 1.28 bits per heavy atom. The van der Waals surface area contributed by atoms with E-state index in [1.807, 2.05) is 4.90 Å². The first kappa shape index (κ1) is 15.4. The van der Waals surface area contributed by atoms with Crippen LogP contribution in [-0.2, 0) is 4.79 Å². The van der Waals surface area contributed by atoms with Crippen molar-refractivity contribution < 1.29 is 15.0 Å². The van der Waals surface area contributed by atoms with Crippen molar-refractivity contribution in [1.29, 1.82) is 0 Å². The normalized spacial score (nSPS) is 19.1.